The van der Waals surface area contributed by atoms with Gasteiger partial charge in [-0.2, -0.15) is 11.3 Å². The molecule has 114 valence electrons. The smallest absolute Gasteiger partial charge is 0.249 e. The highest BCUT2D eigenvalue weighted by Crippen LogP contribution is 2.34. The minimum Gasteiger partial charge on any atom is -0.364 e. The Kier molecular flexibility index (Phi) is 3.73. The second kappa shape index (κ2) is 5.71. The van der Waals surface area contributed by atoms with Crippen molar-refractivity contribution in [2.24, 2.45) is 5.92 Å². The molecule has 1 amide bonds. The van der Waals surface area contributed by atoms with Crippen LogP contribution in [0.3, 0.4) is 0 Å². The standard InChI is InChI=1S/C16H22N2O2S/c19-16(17-13-1-2-13)14-7-12-3-5-18(9-15(12)20-14)8-11-4-6-21-10-11/h4,6,10,12-15H,1-3,5,7-9H2,(H,17,19)/t12-,14+,15-/m0/s1. The Bertz CT molecular complexity index is 500. The summed E-state index contributed by atoms with van der Waals surface area (Å²) in [5.41, 5.74) is 1.39. The van der Waals surface area contributed by atoms with E-state index in [2.05, 4.69) is 27.0 Å². The minimum atomic E-state index is -0.207. The lowest BCUT2D eigenvalue weighted by Crippen LogP contribution is -2.42. The summed E-state index contributed by atoms with van der Waals surface area (Å²) < 4.78 is 6.05. The van der Waals surface area contributed by atoms with Crippen LogP contribution in [0.15, 0.2) is 16.8 Å². The number of likely N-dealkylation sites (tertiary alicyclic amines) is 1. The van der Waals surface area contributed by atoms with Gasteiger partial charge in [0.1, 0.15) is 6.10 Å². The van der Waals surface area contributed by atoms with E-state index in [0.29, 0.717) is 12.0 Å². The van der Waals surface area contributed by atoms with E-state index in [1.165, 1.54) is 5.56 Å². The molecule has 21 heavy (non-hydrogen) atoms. The Morgan fingerprint density at radius 2 is 2.33 bits per heavy atom. The molecule has 1 aliphatic carbocycles. The fraction of sp³-hybridized carbons (Fsp3) is 0.688. The molecule has 1 N–H and O–H groups in total. The van der Waals surface area contributed by atoms with Gasteiger partial charge in [-0.15, -0.1) is 0 Å². The number of amides is 1. The van der Waals surface area contributed by atoms with Crippen molar-refractivity contribution < 1.29 is 9.53 Å². The van der Waals surface area contributed by atoms with Crippen molar-refractivity contribution in [3.05, 3.63) is 22.4 Å². The number of carbonyl (C=O) groups is 1. The maximum absolute atomic E-state index is 12.1. The third-order valence-electron chi connectivity index (χ3n) is 4.84. The summed E-state index contributed by atoms with van der Waals surface area (Å²) in [5, 5.41) is 7.42. The van der Waals surface area contributed by atoms with E-state index in [9.17, 15) is 4.79 Å². The lowest BCUT2D eigenvalue weighted by molar-refractivity contribution is -0.133. The number of piperidine rings is 1. The van der Waals surface area contributed by atoms with Crippen molar-refractivity contribution in [2.45, 2.75) is 50.5 Å². The zero-order chi connectivity index (χ0) is 14.2. The number of rotatable bonds is 4. The van der Waals surface area contributed by atoms with Gasteiger partial charge in [0.25, 0.3) is 0 Å². The van der Waals surface area contributed by atoms with E-state index in [4.69, 9.17) is 4.74 Å². The quantitative estimate of drug-likeness (QED) is 0.925. The van der Waals surface area contributed by atoms with Crippen molar-refractivity contribution in [2.75, 3.05) is 13.1 Å². The van der Waals surface area contributed by atoms with Crippen molar-refractivity contribution in [1.82, 2.24) is 10.2 Å². The SMILES string of the molecule is O=C(NC1CC1)[C@H]1C[C@@H]2CCN(Cc3ccsc3)C[C@@H]2O1. The molecule has 5 heteroatoms. The van der Waals surface area contributed by atoms with Crippen LogP contribution >= 0.6 is 11.3 Å². The maximum Gasteiger partial charge on any atom is 0.249 e. The Morgan fingerprint density at radius 1 is 1.43 bits per heavy atom. The molecule has 0 spiro atoms. The van der Waals surface area contributed by atoms with Crippen LogP contribution in [0.25, 0.3) is 0 Å². The molecular weight excluding hydrogens is 284 g/mol. The average molecular weight is 306 g/mol. The highest BCUT2D eigenvalue weighted by molar-refractivity contribution is 7.07. The summed E-state index contributed by atoms with van der Waals surface area (Å²) in [6.07, 6.45) is 4.38. The second-order valence-electron chi connectivity index (χ2n) is 6.60. The molecule has 3 atom stereocenters. The molecule has 1 saturated carbocycles. The van der Waals surface area contributed by atoms with E-state index in [-0.39, 0.29) is 18.1 Å². The molecule has 0 aromatic carbocycles. The fourth-order valence-electron chi connectivity index (χ4n) is 3.47. The Balaban J connectivity index is 1.32. The molecule has 4 rings (SSSR count). The van der Waals surface area contributed by atoms with Crippen molar-refractivity contribution >= 4 is 17.2 Å². The van der Waals surface area contributed by atoms with Crippen molar-refractivity contribution in [1.29, 1.82) is 0 Å². The number of hydrogen-bond donors (Lipinski definition) is 1. The van der Waals surface area contributed by atoms with Gasteiger partial charge in [0, 0.05) is 19.1 Å². The first kappa shape index (κ1) is 13.7. The Hall–Kier alpha value is -0.910. The van der Waals surface area contributed by atoms with E-state index < -0.39 is 0 Å². The zero-order valence-corrected chi connectivity index (χ0v) is 13.0. The van der Waals surface area contributed by atoms with Crippen LogP contribution in [0.4, 0.5) is 0 Å². The largest absolute Gasteiger partial charge is 0.364 e. The van der Waals surface area contributed by atoms with Gasteiger partial charge in [0.2, 0.25) is 5.91 Å². The van der Waals surface area contributed by atoms with Crippen LogP contribution in [0.1, 0.15) is 31.2 Å². The molecule has 3 heterocycles. The predicted octanol–water partition coefficient (Wildman–Crippen LogP) is 2.01. The zero-order valence-electron chi connectivity index (χ0n) is 12.2. The lowest BCUT2D eigenvalue weighted by Gasteiger charge is -2.33. The van der Waals surface area contributed by atoms with Crippen LogP contribution in [0, 0.1) is 5.92 Å². The van der Waals surface area contributed by atoms with E-state index in [0.717, 1.165) is 45.3 Å². The first-order valence-corrected chi connectivity index (χ1v) is 8.91. The van der Waals surface area contributed by atoms with Gasteiger partial charge in [-0.1, -0.05) is 0 Å². The monoisotopic (exact) mass is 306 g/mol. The van der Waals surface area contributed by atoms with Crippen LogP contribution in [-0.4, -0.2) is 42.1 Å². The summed E-state index contributed by atoms with van der Waals surface area (Å²) in [7, 11) is 0. The highest BCUT2D eigenvalue weighted by atomic mass is 32.1. The average Bonchev–Trinajstić information content (AvgIpc) is 3.00. The lowest BCUT2D eigenvalue weighted by atomic mass is 9.91. The van der Waals surface area contributed by atoms with Crippen LogP contribution in [0.5, 0.6) is 0 Å². The topological polar surface area (TPSA) is 41.6 Å². The van der Waals surface area contributed by atoms with Crippen molar-refractivity contribution in [3.63, 3.8) is 0 Å². The second-order valence-corrected chi connectivity index (χ2v) is 7.38. The molecule has 3 fully saturated rings. The number of nitrogens with zero attached hydrogens (tertiary/aromatic N) is 1. The number of thiophene rings is 1. The molecule has 0 radical (unpaired) electrons. The van der Waals surface area contributed by atoms with Gasteiger partial charge < -0.3 is 10.1 Å². The molecule has 2 aliphatic heterocycles. The van der Waals surface area contributed by atoms with Gasteiger partial charge in [0.05, 0.1) is 6.10 Å². The number of ether oxygens (including phenoxy) is 1. The number of nitrogens with one attached hydrogen (secondary N) is 1. The molecule has 3 aliphatic rings. The fourth-order valence-corrected chi connectivity index (χ4v) is 4.13. The van der Waals surface area contributed by atoms with Gasteiger partial charge >= 0.3 is 0 Å². The minimum absolute atomic E-state index is 0.122. The third-order valence-corrected chi connectivity index (χ3v) is 5.57. The van der Waals surface area contributed by atoms with E-state index >= 15 is 0 Å². The normalized spacial score (nSPS) is 32.9. The molecular formula is C16H22N2O2S. The maximum atomic E-state index is 12.1. The summed E-state index contributed by atoms with van der Waals surface area (Å²) in [4.78, 5) is 14.6. The number of hydrogen-bond acceptors (Lipinski definition) is 4. The molecule has 4 nitrogen and oxygen atoms in total. The number of fused-ring (bicyclic) bond motifs is 1. The highest BCUT2D eigenvalue weighted by Gasteiger charge is 2.42. The molecule has 1 aromatic rings. The van der Waals surface area contributed by atoms with Gasteiger partial charge in [0.15, 0.2) is 0 Å². The predicted molar refractivity (Wildman–Crippen MR) is 82.1 cm³/mol. The Labute approximate surface area is 129 Å². The molecule has 2 saturated heterocycles. The Morgan fingerprint density at radius 3 is 3.10 bits per heavy atom. The summed E-state index contributed by atoms with van der Waals surface area (Å²) >= 11 is 1.75. The summed E-state index contributed by atoms with van der Waals surface area (Å²) in [6.45, 7) is 3.10. The van der Waals surface area contributed by atoms with Crippen molar-refractivity contribution in [3.8, 4) is 0 Å². The molecule has 0 unspecified atom stereocenters. The molecule has 0 bridgehead atoms. The van der Waals surface area contributed by atoms with Gasteiger partial charge in [-0.25, -0.2) is 0 Å². The van der Waals surface area contributed by atoms with Crippen LogP contribution < -0.4 is 5.32 Å². The third kappa shape index (κ3) is 3.15. The summed E-state index contributed by atoms with van der Waals surface area (Å²) in [5.74, 6) is 0.690. The van der Waals surface area contributed by atoms with Crippen LogP contribution in [-0.2, 0) is 16.1 Å². The first-order chi connectivity index (χ1) is 10.3. The van der Waals surface area contributed by atoms with E-state index in [1.54, 1.807) is 11.3 Å². The number of carbonyl (C=O) groups excluding carboxylic acids is 1. The van der Waals surface area contributed by atoms with E-state index in [1.807, 2.05) is 0 Å². The van der Waals surface area contributed by atoms with Gasteiger partial charge in [-0.3, -0.25) is 9.69 Å². The molecule has 1 aromatic heterocycles. The van der Waals surface area contributed by atoms with Crippen LogP contribution in [0.2, 0.25) is 0 Å². The van der Waals surface area contributed by atoms with Gasteiger partial charge in [-0.05, 0) is 60.5 Å². The first-order valence-electron chi connectivity index (χ1n) is 7.97. The summed E-state index contributed by atoms with van der Waals surface area (Å²) in [6, 6.07) is 2.62.